The van der Waals surface area contributed by atoms with E-state index < -0.39 is 10.0 Å². The number of H-pyrrole nitrogens is 1. The number of methoxy groups -OCH3 is 2. The maximum absolute atomic E-state index is 12.8. The molecule has 0 aliphatic rings. The Morgan fingerprint density at radius 1 is 1.12 bits per heavy atom. The topological polar surface area (TPSA) is 131 Å². The number of pyridine rings is 1. The van der Waals surface area contributed by atoms with E-state index in [1.165, 1.54) is 12.1 Å². The van der Waals surface area contributed by atoms with Crippen molar-refractivity contribution in [1.82, 2.24) is 20.2 Å². The van der Waals surface area contributed by atoms with E-state index in [0.29, 0.717) is 33.3 Å². The predicted molar refractivity (Wildman–Crippen MR) is 129 cm³/mol. The lowest BCUT2D eigenvalue weighted by Crippen LogP contribution is -2.15. The zero-order valence-corrected chi connectivity index (χ0v) is 20.1. The van der Waals surface area contributed by atoms with Crippen LogP contribution in [0.25, 0.3) is 10.9 Å². The van der Waals surface area contributed by atoms with Gasteiger partial charge < -0.3 is 14.8 Å². The van der Waals surface area contributed by atoms with Crippen LogP contribution in [0.3, 0.4) is 0 Å². The van der Waals surface area contributed by atoms with E-state index in [-0.39, 0.29) is 21.7 Å². The maximum atomic E-state index is 12.8. The van der Waals surface area contributed by atoms with Crippen molar-refractivity contribution in [3.63, 3.8) is 0 Å². The quantitative estimate of drug-likeness (QED) is 0.275. The highest BCUT2D eigenvalue weighted by Gasteiger charge is 2.21. The SMILES string of the molecule is COc1cc2nccc(Nc3nc(NS(=O)(=O)c4cc(C)c(Cl)cc4S)n[nH]3)c2cc1OC. The third-order valence-corrected chi connectivity index (χ3v) is 7.04. The standard InChI is InChI=1S/C20H19ClN6O4S2/c1-10-6-18(17(32)8-12(10)21)33(28,29)27-20-24-19(25-26-20)23-13-4-5-22-14-9-16(31-3)15(30-2)7-11(13)14/h4-9,32H,1-3H3,(H3,22,23,24,25,26,27). The van der Waals surface area contributed by atoms with Gasteiger partial charge in [0.2, 0.25) is 5.95 Å². The van der Waals surface area contributed by atoms with Crippen molar-refractivity contribution in [2.45, 2.75) is 16.7 Å². The summed E-state index contributed by atoms with van der Waals surface area (Å²) in [6, 6.07) is 8.17. The van der Waals surface area contributed by atoms with Gasteiger partial charge in [-0.2, -0.15) is 4.98 Å². The fourth-order valence-corrected chi connectivity index (χ4v) is 5.01. The van der Waals surface area contributed by atoms with E-state index in [1.807, 2.05) is 0 Å². The summed E-state index contributed by atoms with van der Waals surface area (Å²) < 4.78 is 38.6. The van der Waals surface area contributed by atoms with Crippen molar-refractivity contribution in [3.05, 3.63) is 47.1 Å². The summed E-state index contributed by atoms with van der Waals surface area (Å²) in [7, 11) is -0.904. The van der Waals surface area contributed by atoms with Crippen molar-refractivity contribution in [2.24, 2.45) is 0 Å². The Kier molecular flexibility index (Phi) is 6.23. The molecule has 0 amide bonds. The number of ether oxygens (including phenoxy) is 2. The number of fused-ring (bicyclic) bond motifs is 1. The fourth-order valence-electron chi connectivity index (χ4n) is 3.11. The van der Waals surface area contributed by atoms with Gasteiger partial charge in [0.1, 0.15) is 4.90 Å². The van der Waals surface area contributed by atoms with Gasteiger partial charge in [-0.25, -0.2) is 18.2 Å². The molecule has 0 aliphatic carbocycles. The molecule has 33 heavy (non-hydrogen) atoms. The smallest absolute Gasteiger partial charge is 0.265 e. The minimum atomic E-state index is -3.99. The number of hydrogen-bond acceptors (Lipinski definition) is 9. The fraction of sp³-hybridized carbons (Fsp3) is 0.150. The molecule has 0 atom stereocenters. The summed E-state index contributed by atoms with van der Waals surface area (Å²) in [5, 5.41) is 10.8. The summed E-state index contributed by atoms with van der Waals surface area (Å²) in [5.41, 5.74) is 1.92. The molecule has 0 aliphatic heterocycles. The maximum Gasteiger partial charge on any atom is 0.265 e. The molecule has 13 heteroatoms. The Labute approximate surface area is 200 Å². The largest absolute Gasteiger partial charge is 0.493 e. The van der Waals surface area contributed by atoms with Gasteiger partial charge in [0, 0.05) is 27.6 Å². The molecule has 172 valence electrons. The van der Waals surface area contributed by atoms with E-state index in [2.05, 4.69) is 42.8 Å². The lowest BCUT2D eigenvalue weighted by atomic mass is 10.1. The first-order chi connectivity index (χ1) is 15.7. The van der Waals surface area contributed by atoms with Crippen LogP contribution in [0, 0.1) is 6.92 Å². The molecule has 4 aromatic rings. The van der Waals surface area contributed by atoms with Crippen LogP contribution in [0.2, 0.25) is 5.02 Å². The second kappa shape index (κ2) is 8.96. The highest BCUT2D eigenvalue weighted by molar-refractivity contribution is 7.93. The summed E-state index contributed by atoms with van der Waals surface area (Å²) in [5.74, 6) is 1.16. The van der Waals surface area contributed by atoms with Crippen molar-refractivity contribution >= 4 is 62.7 Å². The summed E-state index contributed by atoms with van der Waals surface area (Å²) in [4.78, 5) is 8.69. The highest BCUT2D eigenvalue weighted by Crippen LogP contribution is 2.35. The summed E-state index contributed by atoms with van der Waals surface area (Å²) >= 11 is 10.3. The van der Waals surface area contributed by atoms with Crippen LogP contribution in [0.15, 0.2) is 46.3 Å². The van der Waals surface area contributed by atoms with E-state index in [0.717, 1.165) is 5.39 Å². The molecule has 10 nitrogen and oxygen atoms in total. The van der Waals surface area contributed by atoms with E-state index in [9.17, 15) is 8.42 Å². The Morgan fingerprint density at radius 3 is 2.58 bits per heavy atom. The van der Waals surface area contributed by atoms with Crippen LogP contribution in [0.1, 0.15) is 5.56 Å². The summed E-state index contributed by atoms with van der Waals surface area (Å²) in [6.07, 6.45) is 1.62. The molecule has 3 N–H and O–H groups in total. The number of aromatic amines is 1. The normalized spacial score (nSPS) is 11.4. The van der Waals surface area contributed by atoms with Gasteiger partial charge in [0.25, 0.3) is 16.0 Å². The van der Waals surface area contributed by atoms with Crippen LogP contribution >= 0.6 is 24.2 Å². The first-order valence-corrected chi connectivity index (χ1v) is 11.7. The third kappa shape index (κ3) is 4.63. The van der Waals surface area contributed by atoms with Gasteiger partial charge in [-0.05, 0) is 36.8 Å². The summed E-state index contributed by atoms with van der Waals surface area (Å²) in [6.45, 7) is 1.70. The van der Waals surface area contributed by atoms with Gasteiger partial charge in [0.15, 0.2) is 11.5 Å². The van der Waals surface area contributed by atoms with Crippen LogP contribution in [-0.4, -0.2) is 42.8 Å². The third-order valence-electron chi connectivity index (χ3n) is 4.74. The van der Waals surface area contributed by atoms with E-state index in [4.69, 9.17) is 21.1 Å². The number of aromatic nitrogens is 4. The highest BCUT2D eigenvalue weighted by atomic mass is 35.5. The Bertz CT molecular complexity index is 1460. The number of anilines is 3. The van der Waals surface area contributed by atoms with Crippen molar-refractivity contribution in [3.8, 4) is 11.5 Å². The first kappa shape index (κ1) is 23.0. The zero-order chi connectivity index (χ0) is 23.8. The first-order valence-electron chi connectivity index (χ1n) is 9.44. The Balaban J connectivity index is 1.61. The van der Waals surface area contributed by atoms with E-state index in [1.54, 1.807) is 45.5 Å². The van der Waals surface area contributed by atoms with Crippen molar-refractivity contribution in [1.29, 1.82) is 0 Å². The molecular formula is C20H19ClN6O4S2. The van der Waals surface area contributed by atoms with Gasteiger partial charge in [0.05, 0.1) is 25.4 Å². The second-order valence-corrected chi connectivity index (χ2v) is 9.43. The van der Waals surface area contributed by atoms with Crippen LogP contribution in [-0.2, 0) is 10.0 Å². The number of nitrogens with zero attached hydrogens (tertiary/aromatic N) is 3. The molecule has 0 saturated heterocycles. The number of hydrogen-bond donors (Lipinski definition) is 4. The molecule has 2 heterocycles. The molecule has 0 unspecified atom stereocenters. The molecule has 0 radical (unpaired) electrons. The molecule has 2 aromatic carbocycles. The second-order valence-electron chi connectivity index (χ2n) is 6.89. The number of nitrogens with one attached hydrogen (secondary N) is 3. The molecule has 0 fully saturated rings. The monoisotopic (exact) mass is 506 g/mol. The molecule has 0 spiro atoms. The lowest BCUT2D eigenvalue weighted by molar-refractivity contribution is 0.356. The minimum absolute atomic E-state index is 0.0341. The lowest BCUT2D eigenvalue weighted by Gasteiger charge is -2.11. The molecule has 2 aromatic heterocycles. The number of rotatable bonds is 7. The Morgan fingerprint density at radius 2 is 1.85 bits per heavy atom. The average molecular weight is 507 g/mol. The van der Waals surface area contributed by atoms with Crippen LogP contribution in [0.4, 0.5) is 17.6 Å². The number of sulfonamides is 1. The van der Waals surface area contributed by atoms with Crippen molar-refractivity contribution in [2.75, 3.05) is 24.3 Å². The van der Waals surface area contributed by atoms with Gasteiger partial charge in [-0.3, -0.25) is 4.98 Å². The number of thiol groups is 1. The number of halogens is 1. The van der Waals surface area contributed by atoms with Gasteiger partial charge >= 0.3 is 0 Å². The average Bonchev–Trinajstić information content (AvgIpc) is 3.21. The number of aryl methyl sites for hydroxylation is 1. The molecule has 0 saturated carbocycles. The van der Waals surface area contributed by atoms with Gasteiger partial charge in [-0.15, -0.1) is 17.7 Å². The molecular weight excluding hydrogens is 488 g/mol. The van der Waals surface area contributed by atoms with E-state index >= 15 is 0 Å². The van der Waals surface area contributed by atoms with Gasteiger partial charge in [-0.1, -0.05) is 11.6 Å². The number of benzene rings is 2. The van der Waals surface area contributed by atoms with Crippen LogP contribution < -0.4 is 19.5 Å². The molecule has 0 bridgehead atoms. The van der Waals surface area contributed by atoms with Crippen molar-refractivity contribution < 1.29 is 17.9 Å². The zero-order valence-electron chi connectivity index (χ0n) is 17.7. The van der Waals surface area contributed by atoms with Crippen LogP contribution in [0.5, 0.6) is 11.5 Å². The Hall–Kier alpha value is -3.22. The predicted octanol–water partition coefficient (Wildman–Crippen LogP) is 4.17. The molecule has 4 rings (SSSR count). The minimum Gasteiger partial charge on any atom is -0.493 e.